The van der Waals surface area contributed by atoms with Crippen molar-refractivity contribution in [2.24, 2.45) is 5.92 Å². The molecule has 2 heterocycles. The Hall–Kier alpha value is -0.840. The molecule has 0 aromatic carbocycles. The fourth-order valence-corrected chi connectivity index (χ4v) is 2.05. The van der Waals surface area contributed by atoms with Gasteiger partial charge < -0.3 is 0 Å². The van der Waals surface area contributed by atoms with Crippen LogP contribution >= 0.6 is 11.8 Å². The monoisotopic (exact) mass is 197 g/mol. The molecule has 0 aliphatic carbocycles. The molecule has 1 aliphatic rings. The maximum atomic E-state index is 11.8. The van der Waals surface area contributed by atoms with E-state index in [1.807, 2.05) is 18.7 Å². The minimum absolute atomic E-state index is 0.200. The first-order valence-corrected chi connectivity index (χ1v) is 5.49. The van der Waals surface area contributed by atoms with E-state index >= 15 is 0 Å². The van der Waals surface area contributed by atoms with E-state index in [-0.39, 0.29) is 11.7 Å². The van der Waals surface area contributed by atoms with E-state index in [0.29, 0.717) is 12.2 Å². The molecule has 0 atom stereocenters. The SMILES string of the molecule is CCn1nncc1C(=O)C1CSC1. The number of hydrogen-bond acceptors (Lipinski definition) is 4. The van der Waals surface area contributed by atoms with Crippen molar-refractivity contribution in [3.05, 3.63) is 11.9 Å². The van der Waals surface area contributed by atoms with Gasteiger partial charge in [0.05, 0.1) is 6.20 Å². The van der Waals surface area contributed by atoms with Gasteiger partial charge in [0.15, 0.2) is 5.78 Å². The van der Waals surface area contributed by atoms with Crippen molar-refractivity contribution in [2.75, 3.05) is 11.5 Å². The molecule has 0 saturated carbocycles. The molecule has 70 valence electrons. The Balaban J connectivity index is 2.18. The standard InChI is InChI=1S/C8H11N3OS/c1-2-11-7(3-9-10-11)8(12)6-4-13-5-6/h3,6H,2,4-5H2,1H3. The van der Waals surface area contributed by atoms with E-state index in [0.717, 1.165) is 11.5 Å². The van der Waals surface area contributed by atoms with Crippen LogP contribution in [0, 0.1) is 5.92 Å². The number of carbonyl (C=O) groups excluding carboxylic acids is 1. The van der Waals surface area contributed by atoms with Crippen LogP contribution in [0.4, 0.5) is 0 Å². The van der Waals surface area contributed by atoms with Crippen molar-refractivity contribution in [3.63, 3.8) is 0 Å². The molecule has 1 aromatic rings. The van der Waals surface area contributed by atoms with Crippen molar-refractivity contribution in [3.8, 4) is 0 Å². The third-order valence-electron chi connectivity index (χ3n) is 2.18. The molecule has 0 unspecified atom stereocenters. The van der Waals surface area contributed by atoms with Crippen LogP contribution in [-0.2, 0) is 6.54 Å². The summed E-state index contributed by atoms with van der Waals surface area (Å²) in [5.41, 5.74) is 0.660. The van der Waals surface area contributed by atoms with E-state index in [4.69, 9.17) is 0 Å². The van der Waals surface area contributed by atoms with Crippen molar-refractivity contribution in [2.45, 2.75) is 13.5 Å². The van der Waals surface area contributed by atoms with Gasteiger partial charge in [-0.15, -0.1) is 5.10 Å². The summed E-state index contributed by atoms with van der Waals surface area (Å²) in [6.45, 7) is 2.67. The number of hydrogen-bond donors (Lipinski definition) is 0. The van der Waals surface area contributed by atoms with Gasteiger partial charge >= 0.3 is 0 Å². The molecule has 1 saturated heterocycles. The van der Waals surface area contributed by atoms with Crippen LogP contribution in [0.25, 0.3) is 0 Å². The van der Waals surface area contributed by atoms with E-state index in [2.05, 4.69) is 10.3 Å². The highest BCUT2D eigenvalue weighted by Gasteiger charge is 2.29. The summed E-state index contributed by atoms with van der Waals surface area (Å²) in [4.78, 5) is 11.8. The summed E-state index contributed by atoms with van der Waals surface area (Å²) < 4.78 is 1.66. The van der Waals surface area contributed by atoms with Gasteiger partial charge in [0, 0.05) is 24.0 Å². The molecule has 0 amide bonds. The lowest BCUT2D eigenvalue weighted by Crippen LogP contribution is -2.29. The van der Waals surface area contributed by atoms with Crippen LogP contribution in [0.15, 0.2) is 6.20 Å². The fraction of sp³-hybridized carbons (Fsp3) is 0.625. The Bertz CT molecular complexity index is 319. The van der Waals surface area contributed by atoms with E-state index in [1.54, 1.807) is 10.9 Å². The van der Waals surface area contributed by atoms with Gasteiger partial charge in [-0.05, 0) is 6.92 Å². The maximum absolute atomic E-state index is 11.8. The number of ketones is 1. The summed E-state index contributed by atoms with van der Waals surface area (Å²) in [6.07, 6.45) is 1.56. The zero-order chi connectivity index (χ0) is 9.26. The highest BCUT2D eigenvalue weighted by Crippen LogP contribution is 2.27. The second-order valence-electron chi connectivity index (χ2n) is 3.03. The molecule has 2 rings (SSSR count). The molecule has 0 spiro atoms. The van der Waals surface area contributed by atoms with Gasteiger partial charge in [0.1, 0.15) is 5.69 Å². The second kappa shape index (κ2) is 3.49. The molecule has 5 heteroatoms. The number of aromatic nitrogens is 3. The predicted octanol–water partition coefficient (Wildman–Crippen LogP) is 0.844. The van der Waals surface area contributed by atoms with Gasteiger partial charge in [0.2, 0.25) is 0 Å². The normalized spacial score (nSPS) is 17.0. The number of Topliss-reactive ketones (excluding diaryl/α,β-unsaturated/α-hetero) is 1. The molecule has 0 bridgehead atoms. The van der Waals surface area contributed by atoms with Crippen LogP contribution in [0.1, 0.15) is 17.4 Å². The topological polar surface area (TPSA) is 47.8 Å². The number of aryl methyl sites for hydroxylation is 1. The Morgan fingerprint density at radius 1 is 1.77 bits per heavy atom. The Morgan fingerprint density at radius 3 is 3.08 bits per heavy atom. The van der Waals surface area contributed by atoms with Crippen molar-refractivity contribution in [1.82, 2.24) is 15.0 Å². The summed E-state index contributed by atoms with van der Waals surface area (Å²) in [6, 6.07) is 0. The first-order chi connectivity index (χ1) is 6.33. The minimum atomic E-state index is 0.200. The van der Waals surface area contributed by atoms with Crippen molar-refractivity contribution in [1.29, 1.82) is 0 Å². The lowest BCUT2D eigenvalue weighted by atomic mass is 10.1. The maximum Gasteiger partial charge on any atom is 0.187 e. The molecular weight excluding hydrogens is 186 g/mol. The molecule has 1 aromatic heterocycles. The number of rotatable bonds is 3. The minimum Gasteiger partial charge on any atom is -0.292 e. The van der Waals surface area contributed by atoms with Crippen LogP contribution < -0.4 is 0 Å². The van der Waals surface area contributed by atoms with E-state index < -0.39 is 0 Å². The summed E-state index contributed by atoms with van der Waals surface area (Å²) in [5, 5.41) is 7.58. The Labute approximate surface area is 80.7 Å². The highest BCUT2D eigenvalue weighted by molar-refractivity contribution is 8.00. The first-order valence-electron chi connectivity index (χ1n) is 4.33. The van der Waals surface area contributed by atoms with E-state index in [1.165, 1.54) is 0 Å². The highest BCUT2D eigenvalue weighted by atomic mass is 32.2. The Kier molecular flexibility index (Phi) is 2.35. The van der Waals surface area contributed by atoms with Crippen molar-refractivity contribution < 1.29 is 4.79 Å². The summed E-state index contributed by atoms with van der Waals surface area (Å²) in [7, 11) is 0. The molecule has 13 heavy (non-hydrogen) atoms. The predicted molar refractivity (Wildman–Crippen MR) is 50.8 cm³/mol. The zero-order valence-electron chi connectivity index (χ0n) is 7.43. The van der Waals surface area contributed by atoms with Gasteiger partial charge in [-0.2, -0.15) is 11.8 Å². The summed E-state index contributed by atoms with van der Waals surface area (Å²) in [5.74, 6) is 2.31. The smallest absolute Gasteiger partial charge is 0.187 e. The molecule has 0 N–H and O–H groups in total. The molecule has 0 radical (unpaired) electrons. The van der Waals surface area contributed by atoms with Gasteiger partial charge in [-0.1, -0.05) is 5.21 Å². The number of carbonyl (C=O) groups is 1. The number of nitrogens with zero attached hydrogens (tertiary/aromatic N) is 3. The average molecular weight is 197 g/mol. The third kappa shape index (κ3) is 1.48. The lowest BCUT2D eigenvalue weighted by molar-refractivity contribution is 0.0928. The van der Waals surface area contributed by atoms with E-state index in [9.17, 15) is 4.79 Å². The molecule has 1 aliphatic heterocycles. The van der Waals surface area contributed by atoms with Gasteiger partial charge in [-0.3, -0.25) is 4.79 Å². The Morgan fingerprint density at radius 2 is 2.54 bits per heavy atom. The van der Waals surface area contributed by atoms with Crippen LogP contribution in [0.2, 0.25) is 0 Å². The van der Waals surface area contributed by atoms with Crippen molar-refractivity contribution >= 4 is 17.5 Å². The molecular formula is C8H11N3OS. The molecule has 4 nitrogen and oxygen atoms in total. The van der Waals surface area contributed by atoms with Crippen LogP contribution in [-0.4, -0.2) is 32.3 Å². The van der Waals surface area contributed by atoms with Gasteiger partial charge in [-0.25, -0.2) is 4.68 Å². The van der Waals surface area contributed by atoms with Crippen LogP contribution in [0.3, 0.4) is 0 Å². The third-order valence-corrected chi connectivity index (χ3v) is 3.45. The zero-order valence-corrected chi connectivity index (χ0v) is 8.25. The molecule has 1 fully saturated rings. The lowest BCUT2D eigenvalue weighted by Gasteiger charge is -2.22. The quantitative estimate of drug-likeness (QED) is 0.674. The average Bonchev–Trinajstić information content (AvgIpc) is 2.47. The first kappa shape index (κ1) is 8.74. The fourth-order valence-electron chi connectivity index (χ4n) is 1.28. The van der Waals surface area contributed by atoms with Crippen LogP contribution in [0.5, 0.6) is 0 Å². The van der Waals surface area contributed by atoms with Gasteiger partial charge in [0.25, 0.3) is 0 Å². The largest absolute Gasteiger partial charge is 0.292 e. The summed E-state index contributed by atoms with van der Waals surface area (Å²) >= 11 is 1.81. The second-order valence-corrected chi connectivity index (χ2v) is 4.11. The number of thioether (sulfide) groups is 1.